The number of anilines is 1. The van der Waals surface area contributed by atoms with E-state index >= 15 is 0 Å². The number of carbonyl (C=O) groups is 2. The molecule has 1 saturated heterocycles. The highest BCUT2D eigenvalue weighted by Crippen LogP contribution is 2.24. The maximum Gasteiger partial charge on any atom is 0.295 e. The number of ketones is 1. The number of rotatable bonds is 2. The fraction of sp³-hybridized carbons (Fsp3) is 0.308. The van der Waals surface area contributed by atoms with Crippen LogP contribution in [0.1, 0.15) is 6.42 Å². The van der Waals surface area contributed by atoms with Crippen LogP contribution in [0.5, 0.6) is 5.75 Å². The highest BCUT2D eigenvalue weighted by Gasteiger charge is 2.35. The molecule has 5 heteroatoms. The number of benzene rings is 1. The summed E-state index contributed by atoms with van der Waals surface area (Å²) in [6.07, 6.45) is 0.382. The van der Waals surface area contributed by atoms with Crippen LogP contribution in [0.3, 0.4) is 0 Å². The summed E-state index contributed by atoms with van der Waals surface area (Å²) < 4.78 is 5.03. The minimum absolute atomic E-state index is 0.382. The van der Waals surface area contributed by atoms with Gasteiger partial charge in [0.05, 0.1) is 13.2 Å². The van der Waals surface area contributed by atoms with Crippen LogP contribution < -0.4 is 9.64 Å². The average molecular weight is 244 g/mol. The van der Waals surface area contributed by atoms with Crippen molar-refractivity contribution in [3.05, 3.63) is 24.3 Å². The van der Waals surface area contributed by atoms with Crippen molar-refractivity contribution >= 4 is 17.4 Å². The van der Waals surface area contributed by atoms with Gasteiger partial charge >= 0.3 is 0 Å². The number of methoxy groups -OCH3 is 1. The van der Waals surface area contributed by atoms with Crippen LogP contribution in [0.15, 0.2) is 24.3 Å². The van der Waals surface area contributed by atoms with Gasteiger partial charge in [0, 0.05) is 12.2 Å². The largest absolute Gasteiger partial charge is 0.497 e. The van der Waals surface area contributed by atoms with Crippen LogP contribution in [0.25, 0.3) is 0 Å². The van der Waals surface area contributed by atoms with Crippen molar-refractivity contribution < 1.29 is 14.3 Å². The second kappa shape index (κ2) is 4.88. The first kappa shape index (κ1) is 12.1. The van der Waals surface area contributed by atoms with E-state index in [4.69, 9.17) is 10.00 Å². The quantitative estimate of drug-likeness (QED) is 0.731. The average Bonchev–Trinajstić information content (AvgIpc) is 2.42. The molecule has 0 radical (unpaired) electrons. The number of hydrogen-bond acceptors (Lipinski definition) is 4. The van der Waals surface area contributed by atoms with E-state index in [0.717, 1.165) is 0 Å². The zero-order valence-electron chi connectivity index (χ0n) is 9.92. The Kier molecular flexibility index (Phi) is 3.28. The lowest BCUT2D eigenvalue weighted by Gasteiger charge is -2.27. The summed E-state index contributed by atoms with van der Waals surface area (Å²) in [6, 6.07) is 8.75. The highest BCUT2D eigenvalue weighted by atomic mass is 16.5. The molecular weight excluding hydrogens is 232 g/mol. The first-order chi connectivity index (χ1) is 8.67. The highest BCUT2D eigenvalue weighted by molar-refractivity contribution is 6.43. The maximum absolute atomic E-state index is 11.8. The van der Waals surface area contributed by atoms with E-state index in [9.17, 15) is 9.59 Å². The molecule has 0 N–H and O–H groups in total. The molecule has 5 nitrogen and oxygen atoms in total. The van der Waals surface area contributed by atoms with Crippen LogP contribution in [-0.4, -0.2) is 25.3 Å². The van der Waals surface area contributed by atoms with E-state index in [1.165, 1.54) is 4.90 Å². The molecule has 1 aliphatic rings. The Morgan fingerprint density at radius 3 is 2.56 bits per heavy atom. The molecule has 1 aliphatic heterocycles. The minimum atomic E-state index is -0.799. The molecule has 0 aromatic heterocycles. The van der Waals surface area contributed by atoms with Gasteiger partial charge in [0.15, 0.2) is 0 Å². The Labute approximate surface area is 105 Å². The number of nitrogens with zero attached hydrogens (tertiary/aromatic N) is 2. The van der Waals surface area contributed by atoms with Gasteiger partial charge in [-0.3, -0.25) is 9.59 Å². The SMILES string of the molecule is COc1ccc(N2CCC(C#N)C(=O)C2=O)cc1. The Hall–Kier alpha value is -2.35. The number of carbonyl (C=O) groups excluding carboxylic acids is 2. The second-order valence-electron chi connectivity index (χ2n) is 3.99. The fourth-order valence-corrected chi connectivity index (χ4v) is 1.90. The van der Waals surface area contributed by atoms with Crippen molar-refractivity contribution in [1.82, 2.24) is 0 Å². The van der Waals surface area contributed by atoms with E-state index in [1.54, 1.807) is 31.4 Å². The van der Waals surface area contributed by atoms with E-state index in [2.05, 4.69) is 0 Å². The van der Waals surface area contributed by atoms with E-state index < -0.39 is 17.6 Å². The zero-order valence-corrected chi connectivity index (χ0v) is 9.92. The summed E-state index contributed by atoms with van der Waals surface area (Å²) in [4.78, 5) is 24.9. The first-order valence-electron chi connectivity index (χ1n) is 5.56. The smallest absolute Gasteiger partial charge is 0.295 e. The number of Topliss-reactive ketones (excluding diaryl/α,β-unsaturated/α-hetero) is 1. The molecule has 92 valence electrons. The van der Waals surface area contributed by atoms with Gasteiger partial charge in [-0.15, -0.1) is 0 Å². The van der Waals surface area contributed by atoms with E-state index in [-0.39, 0.29) is 0 Å². The molecule has 0 saturated carbocycles. The summed E-state index contributed by atoms with van der Waals surface area (Å²) in [7, 11) is 1.56. The predicted molar refractivity (Wildman–Crippen MR) is 64.1 cm³/mol. The molecule has 1 aromatic rings. The molecule has 2 rings (SSSR count). The number of piperidine rings is 1. The lowest BCUT2D eigenvalue weighted by atomic mass is 9.96. The molecule has 1 aromatic carbocycles. The van der Waals surface area contributed by atoms with Crippen LogP contribution in [0.4, 0.5) is 5.69 Å². The van der Waals surface area contributed by atoms with Crippen molar-refractivity contribution in [2.24, 2.45) is 5.92 Å². The molecule has 18 heavy (non-hydrogen) atoms. The molecule has 1 unspecified atom stereocenters. The fourth-order valence-electron chi connectivity index (χ4n) is 1.90. The topological polar surface area (TPSA) is 70.4 Å². The van der Waals surface area contributed by atoms with Crippen LogP contribution >= 0.6 is 0 Å². The first-order valence-corrected chi connectivity index (χ1v) is 5.56. The number of amides is 1. The molecule has 0 spiro atoms. The van der Waals surface area contributed by atoms with Gasteiger partial charge in [-0.25, -0.2) is 0 Å². The third-order valence-corrected chi connectivity index (χ3v) is 2.95. The van der Waals surface area contributed by atoms with Crippen molar-refractivity contribution in [3.8, 4) is 11.8 Å². The summed E-state index contributed by atoms with van der Waals surface area (Å²) in [5.74, 6) is -1.35. The van der Waals surface area contributed by atoms with Gasteiger partial charge in [-0.05, 0) is 30.7 Å². The molecular formula is C13H12N2O3. The van der Waals surface area contributed by atoms with Crippen molar-refractivity contribution in [3.63, 3.8) is 0 Å². The Bertz CT molecular complexity index is 516. The van der Waals surface area contributed by atoms with E-state index in [1.807, 2.05) is 6.07 Å². The minimum Gasteiger partial charge on any atom is -0.497 e. The van der Waals surface area contributed by atoms with Crippen LogP contribution in [0, 0.1) is 17.2 Å². The predicted octanol–water partition coefficient (Wildman–Crippen LogP) is 1.14. The normalized spacial score (nSPS) is 19.6. The van der Waals surface area contributed by atoms with Gasteiger partial charge < -0.3 is 9.64 Å². The number of nitriles is 1. The van der Waals surface area contributed by atoms with Gasteiger partial charge in [0.2, 0.25) is 5.78 Å². The molecule has 0 bridgehead atoms. The summed E-state index contributed by atoms with van der Waals surface area (Å²) >= 11 is 0. The van der Waals surface area contributed by atoms with Crippen LogP contribution in [0.2, 0.25) is 0 Å². The molecule has 1 atom stereocenters. The standard InChI is InChI=1S/C13H12N2O3/c1-18-11-4-2-10(3-5-11)15-7-6-9(8-14)12(16)13(15)17/h2-5,9H,6-7H2,1H3. The summed E-state index contributed by atoms with van der Waals surface area (Å²) in [5.41, 5.74) is 0.644. The summed E-state index contributed by atoms with van der Waals surface area (Å²) in [6.45, 7) is 0.384. The van der Waals surface area contributed by atoms with Gasteiger partial charge in [0.25, 0.3) is 5.91 Å². The lowest BCUT2D eigenvalue weighted by Crippen LogP contribution is -2.45. The Morgan fingerprint density at radius 2 is 2.00 bits per heavy atom. The van der Waals surface area contributed by atoms with Crippen LogP contribution in [-0.2, 0) is 9.59 Å². The number of ether oxygens (including phenoxy) is 1. The number of hydrogen-bond donors (Lipinski definition) is 0. The van der Waals surface area contributed by atoms with Gasteiger partial charge in [0.1, 0.15) is 11.7 Å². The third kappa shape index (κ3) is 2.05. The third-order valence-electron chi connectivity index (χ3n) is 2.95. The van der Waals surface area contributed by atoms with Crippen molar-refractivity contribution in [1.29, 1.82) is 5.26 Å². The monoisotopic (exact) mass is 244 g/mol. The Balaban J connectivity index is 2.22. The zero-order chi connectivity index (χ0) is 13.1. The molecule has 1 amide bonds. The molecule has 1 fully saturated rings. The van der Waals surface area contributed by atoms with Gasteiger partial charge in [-0.1, -0.05) is 0 Å². The molecule has 0 aliphatic carbocycles. The van der Waals surface area contributed by atoms with Crippen molar-refractivity contribution in [2.45, 2.75) is 6.42 Å². The molecule has 1 heterocycles. The maximum atomic E-state index is 11.8. The Morgan fingerprint density at radius 1 is 1.33 bits per heavy atom. The summed E-state index contributed by atoms with van der Waals surface area (Å²) in [5, 5.41) is 8.75. The second-order valence-corrected chi connectivity index (χ2v) is 3.99. The lowest BCUT2D eigenvalue weighted by molar-refractivity contribution is -0.139. The van der Waals surface area contributed by atoms with Crippen molar-refractivity contribution in [2.75, 3.05) is 18.6 Å². The van der Waals surface area contributed by atoms with Gasteiger partial charge in [-0.2, -0.15) is 5.26 Å². The van der Waals surface area contributed by atoms with E-state index in [0.29, 0.717) is 24.4 Å².